The van der Waals surface area contributed by atoms with Gasteiger partial charge in [-0.25, -0.2) is 0 Å². The highest BCUT2D eigenvalue weighted by atomic mass is 19.4. The molecule has 2 heterocycles. The first-order valence-corrected chi connectivity index (χ1v) is 5.19. The maximum Gasteiger partial charge on any atom is 0.433 e. The molecule has 0 amide bonds. The summed E-state index contributed by atoms with van der Waals surface area (Å²) in [5.74, 6) is 0.484. The summed E-state index contributed by atoms with van der Waals surface area (Å²) in [6, 6.07) is 5.21. The van der Waals surface area contributed by atoms with Crippen molar-refractivity contribution >= 4 is 5.82 Å². The second-order valence-corrected chi connectivity index (χ2v) is 3.63. The van der Waals surface area contributed by atoms with Crippen LogP contribution in [-0.4, -0.2) is 15.2 Å². The zero-order valence-electron chi connectivity index (χ0n) is 9.55. The molecule has 2 N–H and O–H groups in total. The molecule has 0 aliphatic rings. The number of alkyl halides is 3. The summed E-state index contributed by atoms with van der Waals surface area (Å²) < 4.78 is 42.1. The Morgan fingerprint density at radius 2 is 1.89 bits per heavy atom. The van der Waals surface area contributed by atoms with Crippen LogP contribution < -0.4 is 10.5 Å². The van der Waals surface area contributed by atoms with E-state index in [1.54, 1.807) is 0 Å². The van der Waals surface area contributed by atoms with Gasteiger partial charge in [0.15, 0.2) is 0 Å². The van der Waals surface area contributed by atoms with Gasteiger partial charge in [0, 0.05) is 17.8 Å². The molecule has 0 saturated carbocycles. The van der Waals surface area contributed by atoms with E-state index in [0.29, 0.717) is 5.56 Å². The van der Waals surface area contributed by atoms with Crippen molar-refractivity contribution in [1.82, 2.24) is 15.2 Å². The van der Waals surface area contributed by atoms with Crippen molar-refractivity contribution < 1.29 is 17.9 Å². The Balaban J connectivity index is 1.98. The van der Waals surface area contributed by atoms with E-state index in [2.05, 4.69) is 15.2 Å². The standard InChI is InChI=1S/C11H9F3N4O/c12-11(13,14)8-2-1-7(5-16-8)6-19-10-4-3-9(15)17-18-10/h1-5H,6H2,(H2,15,17). The number of nitrogen functional groups attached to an aromatic ring is 1. The molecule has 0 unspecified atom stereocenters. The average Bonchev–Trinajstić information content (AvgIpc) is 2.37. The first-order valence-electron chi connectivity index (χ1n) is 5.19. The maximum absolute atomic E-state index is 12.3. The summed E-state index contributed by atoms with van der Waals surface area (Å²) >= 11 is 0. The molecule has 0 atom stereocenters. The van der Waals surface area contributed by atoms with Crippen LogP contribution in [0.25, 0.3) is 0 Å². The number of hydrogen-bond donors (Lipinski definition) is 1. The minimum Gasteiger partial charge on any atom is -0.472 e. The van der Waals surface area contributed by atoms with E-state index in [1.165, 1.54) is 18.2 Å². The second kappa shape index (κ2) is 5.09. The van der Waals surface area contributed by atoms with Gasteiger partial charge >= 0.3 is 6.18 Å². The number of nitrogens with zero attached hydrogens (tertiary/aromatic N) is 3. The van der Waals surface area contributed by atoms with Gasteiger partial charge in [0.25, 0.3) is 0 Å². The molecule has 0 aliphatic carbocycles. The summed E-state index contributed by atoms with van der Waals surface area (Å²) in [5, 5.41) is 7.23. The van der Waals surface area contributed by atoms with Crippen molar-refractivity contribution in [3.8, 4) is 5.88 Å². The fourth-order valence-corrected chi connectivity index (χ4v) is 1.24. The topological polar surface area (TPSA) is 73.9 Å². The largest absolute Gasteiger partial charge is 0.472 e. The third-order valence-corrected chi connectivity index (χ3v) is 2.16. The molecule has 2 aromatic rings. The van der Waals surface area contributed by atoms with Gasteiger partial charge in [0.2, 0.25) is 5.88 Å². The number of hydrogen-bond acceptors (Lipinski definition) is 5. The Kier molecular flexibility index (Phi) is 3.50. The smallest absolute Gasteiger partial charge is 0.433 e. The SMILES string of the molecule is Nc1ccc(OCc2ccc(C(F)(F)F)nc2)nn1. The molecule has 0 aliphatic heterocycles. The van der Waals surface area contributed by atoms with E-state index in [1.807, 2.05) is 0 Å². The molecule has 0 fully saturated rings. The third kappa shape index (κ3) is 3.54. The highest BCUT2D eigenvalue weighted by Crippen LogP contribution is 2.27. The van der Waals surface area contributed by atoms with Crippen LogP contribution >= 0.6 is 0 Å². The Hall–Kier alpha value is -2.38. The molecule has 2 rings (SSSR count). The van der Waals surface area contributed by atoms with Crippen molar-refractivity contribution in [2.24, 2.45) is 0 Å². The highest BCUT2D eigenvalue weighted by Gasteiger charge is 2.31. The Bertz CT molecular complexity index is 539. The second-order valence-electron chi connectivity index (χ2n) is 3.63. The van der Waals surface area contributed by atoms with Crippen LogP contribution in [0.5, 0.6) is 5.88 Å². The monoisotopic (exact) mass is 270 g/mol. The van der Waals surface area contributed by atoms with E-state index in [9.17, 15) is 13.2 Å². The van der Waals surface area contributed by atoms with Crippen molar-refractivity contribution in [3.05, 3.63) is 41.7 Å². The van der Waals surface area contributed by atoms with Crippen LogP contribution in [0.1, 0.15) is 11.3 Å². The average molecular weight is 270 g/mol. The van der Waals surface area contributed by atoms with Gasteiger partial charge in [-0.05, 0) is 12.1 Å². The van der Waals surface area contributed by atoms with Crippen LogP contribution in [0.2, 0.25) is 0 Å². The number of anilines is 1. The number of nitrogens with two attached hydrogens (primary N) is 1. The molecule has 100 valence electrons. The lowest BCUT2D eigenvalue weighted by atomic mass is 10.2. The van der Waals surface area contributed by atoms with Crippen LogP contribution in [0.4, 0.5) is 19.0 Å². The highest BCUT2D eigenvalue weighted by molar-refractivity contribution is 5.27. The summed E-state index contributed by atoms with van der Waals surface area (Å²) in [5.41, 5.74) is 4.90. The predicted octanol–water partition coefficient (Wildman–Crippen LogP) is 2.05. The fraction of sp³-hybridized carbons (Fsp3) is 0.182. The lowest BCUT2D eigenvalue weighted by molar-refractivity contribution is -0.141. The molecule has 5 nitrogen and oxygen atoms in total. The van der Waals surface area contributed by atoms with E-state index in [0.717, 1.165) is 12.3 Å². The van der Waals surface area contributed by atoms with Crippen molar-refractivity contribution in [1.29, 1.82) is 0 Å². The molecular formula is C11H9F3N4O. The molecule has 2 aromatic heterocycles. The Morgan fingerprint density at radius 1 is 1.11 bits per heavy atom. The number of pyridine rings is 1. The summed E-state index contributed by atoms with van der Waals surface area (Å²) in [7, 11) is 0. The van der Waals surface area contributed by atoms with Crippen LogP contribution in [0.15, 0.2) is 30.5 Å². The molecule has 0 saturated heterocycles. The maximum atomic E-state index is 12.3. The van der Waals surface area contributed by atoms with Gasteiger partial charge in [-0.3, -0.25) is 4.98 Å². The van der Waals surface area contributed by atoms with Crippen LogP contribution in [0, 0.1) is 0 Å². The predicted molar refractivity (Wildman–Crippen MR) is 60.0 cm³/mol. The lowest BCUT2D eigenvalue weighted by Crippen LogP contribution is -2.08. The van der Waals surface area contributed by atoms with E-state index < -0.39 is 11.9 Å². The summed E-state index contributed by atoms with van der Waals surface area (Å²) in [6.07, 6.45) is -3.34. The number of ether oxygens (including phenoxy) is 1. The Morgan fingerprint density at radius 3 is 2.42 bits per heavy atom. The number of rotatable bonds is 3. The van der Waals surface area contributed by atoms with Gasteiger partial charge in [-0.1, -0.05) is 6.07 Å². The number of aromatic nitrogens is 3. The van der Waals surface area contributed by atoms with E-state index in [4.69, 9.17) is 10.5 Å². The molecule has 0 radical (unpaired) electrons. The molecule has 0 aromatic carbocycles. The van der Waals surface area contributed by atoms with Gasteiger partial charge in [-0.2, -0.15) is 13.2 Å². The zero-order chi connectivity index (χ0) is 13.9. The molecule has 0 bridgehead atoms. The van der Waals surface area contributed by atoms with Crippen molar-refractivity contribution in [2.45, 2.75) is 12.8 Å². The van der Waals surface area contributed by atoms with Crippen molar-refractivity contribution in [3.63, 3.8) is 0 Å². The normalized spacial score (nSPS) is 11.3. The Labute approximate surface area is 106 Å². The zero-order valence-corrected chi connectivity index (χ0v) is 9.55. The summed E-state index contributed by atoms with van der Waals surface area (Å²) in [4.78, 5) is 3.32. The van der Waals surface area contributed by atoms with E-state index >= 15 is 0 Å². The minimum absolute atomic E-state index is 0.0454. The van der Waals surface area contributed by atoms with Gasteiger partial charge in [-0.15, -0.1) is 10.2 Å². The molecular weight excluding hydrogens is 261 g/mol. The lowest BCUT2D eigenvalue weighted by Gasteiger charge is -2.07. The minimum atomic E-state index is -4.44. The fourth-order valence-electron chi connectivity index (χ4n) is 1.24. The molecule has 8 heteroatoms. The van der Waals surface area contributed by atoms with E-state index in [-0.39, 0.29) is 18.3 Å². The van der Waals surface area contributed by atoms with Gasteiger partial charge < -0.3 is 10.5 Å². The third-order valence-electron chi connectivity index (χ3n) is 2.16. The van der Waals surface area contributed by atoms with Crippen molar-refractivity contribution in [2.75, 3.05) is 5.73 Å². The molecule has 19 heavy (non-hydrogen) atoms. The number of halogens is 3. The molecule has 0 spiro atoms. The van der Waals surface area contributed by atoms with Crippen LogP contribution in [0.3, 0.4) is 0 Å². The van der Waals surface area contributed by atoms with Crippen LogP contribution in [-0.2, 0) is 12.8 Å². The summed E-state index contributed by atoms with van der Waals surface area (Å²) in [6.45, 7) is 0.0454. The first-order chi connectivity index (χ1) is 8.95. The quantitative estimate of drug-likeness (QED) is 0.923. The van der Waals surface area contributed by atoms with Gasteiger partial charge in [0.1, 0.15) is 18.1 Å². The van der Waals surface area contributed by atoms with Gasteiger partial charge in [0.05, 0.1) is 0 Å². The first kappa shape index (κ1) is 13.1.